The number of nitrogen functional groups attached to an aromatic ring is 1. The van der Waals surface area contributed by atoms with E-state index in [2.05, 4.69) is 41.0 Å². The van der Waals surface area contributed by atoms with E-state index < -0.39 is 6.09 Å². The summed E-state index contributed by atoms with van der Waals surface area (Å²) < 4.78 is 5.35. The largest absolute Gasteiger partial charge is 0.449 e. The van der Waals surface area contributed by atoms with Gasteiger partial charge in [0.15, 0.2) is 0 Å². The van der Waals surface area contributed by atoms with Gasteiger partial charge in [-0.3, -0.25) is 5.32 Å². The Balaban J connectivity index is 1.72. The maximum Gasteiger partial charge on any atom is 0.411 e. The number of rotatable bonds is 6. The maximum atomic E-state index is 12.2. The molecule has 3 rings (SSSR count). The van der Waals surface area contributed by atoms with Crippen LogP contribution in [0, 0.1) is 25.7 Å². The molecule has 0 saturated heterocycles. The second kappa shape index (κ2) is 9.32. The lowest BCUT2D eigenvalue weighted by Gasteiger charge is -2.30. The molecule has 1 aliphatic rings. The van der Waals surface area contributed by atoms with Crippen LogP contribution in [0.25, 0.3) is 0 Å². The fraction of sp³-hybridized carbons (Fsp3) is 0.522. The Morgan fingerprint density at radius 2 is 1.93 bits per heavy atom. The molecule has 1 amide bonds. The smallest absolute Gasteiger partial charge is 0.411 e. The number of aromatic nitrogens is 2. The van der Waals surface area contributed by atoms with Gasteiger partial charge in [0.1, 0.15) is 0 Å². The van der Waals surface area contributed by atoms with Crippen molar-refractivity contribution in [1.82, 2.24) is 9.97 Å². The first-order chi connectivity index (χ1) is 14.3. The van der Waals surface area contributed by atoms with Gasteiger partial charge in [-0.1, -0.05) is 20.8 Å². The molecule has 0 saturated carbocycles. The van der Waals surface area contributed by atoms with E-state index in [0.717, 1.165) is 37.2 Å². The molecule has 1 aromatic heterocycles. The van der Waals surface area contributed by atoms with Gasteiger partial charge in [0.25, 0.3) is 0 Å². The molecule has 2 heterocycles. The second-order valence-electron chi connectivity index (χ2n) is 8.48. The summed E-state index contributed by atoms with van der Waals surface area (Å²) >= 11 is 0. The lowest BCUT2D eigenvalue weighted by Crippen LogP contribution is -2.27. The summed E-state index contributed by atoms with van der Waals surface area (Å²) in [4.78, 5) is 23.7. The molecule has 1 unspecified atom stereocenters. The van der Waals surface area contributed by atoms with E-state index in [-0.39, 0.29) is 0 Å². The Morgan fingerprint density at radius 3 is 2.60 bits per heavy atom. The van der Waals surface area contributed by atoms with E-state index in [1.165, 1.54) is 5.56 Å². The normalized spacial score (nSPS) is 14.4. The van der Waals surface area contributed by atoms with Crippen LogP contribution in [-0.2, 0) is 11.2 Å². The molecule has 7 nitrogen and oxygen atoms in total. The summed E-state index contributed by atoms with van der Waals surface area (Å²) in [7, 11) is 0. The molecule has 7 heteroatoms. The number of benzene rings is 1. The van der Waals surface area contributed by atoms with Gasteiger partial charge < -0.3 is 15.4 Å². The average Bonchev–Trinajstić information content (AvgIpc) is 2.69. The highest BCUT2D eigenvalue weighted by Gasteiger charge is 2.22. The lowest BCUT2D eigenvalue weighted by molar-refractivity contribution is 0.150. The topological polar surface area (TPSA) is 93.4 Å². The molecular formula is C23H33N5O2. The Kier molecular flexibility index (Phi) is 6.80. The highest BCUT2D eigenvalue weighted by molar-refractivity contribution is 5.86. The number of carbonyl (C=O) groups excluding carboxylic acids is 1. The molecule has 2 aromatic rings. The predicted molar refractivity (Wildman–Crippen MR) is 121 cm³/mol. The quantitative estimate of drug-likeness (QED) is 0.651. The Hall–Kier alpha value is -2.83. The van der Waals surface area contributed by atoms with E-state index in [0.29, 0.717) is 41.5 Å². The average molecular weight is 412 g/mol. The van der Waals surface area contributed by atoms with E-state index in [4.69, 9.17) is 10.5 Å². The van der Waals surface area contributed by atoms with Gasteiger partial charge in [0, 0.05) is 17.9 Å². The number of carbonyl (C=O) groups is 1. The molecule has 1 aromatic carbocycles. The standard InChI is InChI=1S/C23H33N5O2/c1-14(2)15(3)10-12-30-23(29)27-21-16(4)25-22(26-17(21)5)28-11-6-7-18-13-19(24)8-9-20(18)28/h8-9,13-15H,6-7,10-12,24H2,1-5H3,(H,27,29). The monoisotopic (exact) mass is 411 g/mol. The third kappa shape index (κ3) is 5.01. The summed E-state index contributed by atoms with van der Waals surface area (Å²) in [6.07, 6.45) is 2.39. The molecular weight excluding hydrogens is 378 g/mol. The van der Waals surface area contributed by atoms with Crippen molar-refractivity contribution in [2.45, 2.75) is 53.9 Å². The molecule has 1 atom stereocenters. The van der Waals surface area contributed by atoms with Crippen LogP contribution in [0.1, 0.15) is 50.6 Å². The van der Waals surface area contributed by atoms with Crippen LogP contribution >= 0.6 is 0 Å². The van der Waals surface area contributed by atoms with Gasteiger partial charge in [-0.05, 0) is 68.7 Å². The van der Waals surface area contributed by atoms with Gasteiger partial charge in [-0.25, -0.2) is 14.8 Å². The number of amides is 1. The third-order valence-corrected chi connectivity index (χ3v) is 5.89. The Labute approximate surface area is 179 Å². The number of hydrogen-bond donors (Lipinski definition) is 2. The fourth-order valence-corrected chi connectivity index (χ4v) is 3.63. The molecule has 3 N–H and O–H groups in total. The zero-order valence-corrected chi connectivity index (χ0v) is 18.7. The number of anilines is 4. The molecule has 0 radical (unpaired) electrons. The number of ether oxygens (including phenoxy) is 1. The summed E-state index contributed by atoms with van der Waals surface area (Å²) in [6, 6.07) is 5.95. The number of aryl methyl sites for hydroxylation is 3. The van der Waals surface area contributed by atoms with Crippen molar-refractivity contribution in [2.75, 3.05) is 29.1 Å². The summed E-state index contributed by atoms with van der Waals surface area (Å²) in [6.45, 7) is 11.5. The van der Waals surface area contributed by atoms with Crippen LogP contribution < -0.4 is 16.0 Å². The lowest BCUT2D eigenvalue weighted by atomic mass is 9.95. The van der Waals surface area contributed by atoms with Gasteiger partial charge in [0.2, 0.25) is 5.95 Å². The van der Waals surface area contributed by atoms with Crippen molar-refractivity contribution in [3.63, 3.8) is 0 Å². The van der Waals surface area contributed by atoms with Gasteiger partial charge in [-0.15, -0.1) is 0 Å². The number of nitrogens with one attached hydrogen (secondary N) is 1. The zero-order valence-electron chi connectivity index (χ0n) is 18.7. The first-order valence-corrected chi connectivity index (χ1v) is 10.7. The Bertz CT molecular complexity index is 889. The highest BCUT2D eigenvalue weighted by atomic mass is 16.5. The van der Waals surface area contributed by atoms with Crippen LogP contribution in [0.15, 0.2) is 18.2 Å². The first kappa shape index (κ1) is 21.9. The van der Waals surface area contributed by atoms with E-state index in [1.807, 2.05) is 32.0 Å². The second-order valence-corrected chi connectivity index (χ2v) is 8.48. The maximum absolute atomic E-state index is 12.2. The van der Waals surface area contributed by atoms with Crippen LogP contribution in [0.2, 0.25) is 0 Å². The summed E-state index contributed by atoms with van der Waals surface area (Å²) in [5.74, 6) is 1.71. The van der Waals surface area contributed by atoms with Crippen LogP contribution in [0.3, 0.4) is 0 Å². The SMILES string of the molecule is Cc1nc(N2CCCc3cc(N)ccc32)nc(C)c1NC(=O)OCCC(C)C(C)C. The van der Waals surface area contributed by atoms with Crippen molar-refractivity contribution in [1.29, 1.82) is 0 Å². The van der Waals surface area contributed by atoms with Gasteiger partial charge in [-0.2, -0.15) is 0 Å². The van der Waals surface area contributed by atoms with Crippen molar-refractivity contribution >= 4 is 29.1 Å². The molecule has 0 fully saturated rings. The molecule has 1 aliphatic heterocycles. The zero-order chi connectivity index (χ0) is 21.8. The third-order valence-electron chi connectivity index (χ3n) is 5.89. The minimum atomic E-state index is -0.465. The van der Waals surface area contributed by atoms with Crippen LogP contribution in [-0.4, -0.2) is 29.2 Å². The van der Waals surface area contributed by atoms with E-state index in [9.17, 15) is 4.79 Å². The highest BCUT2D eigenvalue weighted by Crippen LogP contribution is 2.34. The van der Waals surface area contributed by atoms with Crippen LogP contribution in [0.4, 0.5) is 27.8 Å². The minimum absolute atomic E-state index is 0.399. The summed E-state index contributed by atoms with van der Waals surface area (Å²) in [5, 5.41) is 2.82. The van der Waals surface area contributed by atoms with Gasteiger partial charge in [0.05, 0.1) is 23.7 Å². The molecule has 30 heavy (non-hydrogen) atoms. The van der Waals surface area contributed by atoms with Crippen molar-refractivity contribution in [3.05, 3.63) is 35.2 Å². The first-order valence-electron chi connectivity index (χ1n) is 10.7. The summed E-state index contributed by atoms with van der Waals surface area (Å²) in [5.41, 5.74) is 11.1. The van der Waals surface area contributed by atoms with Crippen LogP contribution in [0.5, 0.6) is 0 Å². The fourth-order valence-electron chi connectivity index (χ4n) is 3.63. The number of fused-ring (bicyclic) bond motifs is 1. The molecule has 0 bridgehead atoms. The Morgan fingerprint density at radius 1 is 1.23 bits per heavy atom. The van der Waals surface area contributed by atoms with Crippen molar-refractivity contribution < 1.29 is 9.53 Å². The van der Waals surface area contributed by atoms with E-state index >= 15 is 0 Å². The molecule has 162 valence electrons. The number of nitrogens with two attached hydrogens (primary N) is 1. The van der Waals surface area contributed by atoms with Gasteiger partial charge >= 0.3 is 6.09 Å². The van der Waals surface area contributed by atoms with Crippen molar-refractivity contribution in [2.24, 2.45) is 11.8 Å². The van der Waals surface area contributed by atoms with E-state index in [1.54, 1.807) is 0 Å². The van der Waals surface area contributed by atoms with Crippen molar-refractivity contribution in [3.8, 4) is 0 Å². The number of hydrogen-bond acceptors (Lipinski definition) is 6. The number of nitrogens with zero attached hydrogens (tertiary/aromatic N) is 3. The predicted octanol–water partition coefficient (Wildman–Crippen LogP) is 4.99. The molecule has 0 spiro atoms. The molecule has 0 aliphatic carbocycles. The minimum Gasteiger partial charge on any atom is -0.449 e.